The molecule has 0 bridgehead atoms. The Morgan fingerprint density at radius 2 is 2.00 bits per heavy atom. The molecule has 0 aromatic heterocycles. The molecule has 0 unspecified atom stereocenters. The molecule has 0 aliphatic heterocycles. The summed E-state index contributed by atoms with van der Waals surface area (Å²) in [6.45, 7) is 1.41. The third-order valence-corrected chi connectivity index (χ3v) is 4.25. The number of rotatable bonds is 3. The summed E-state index contributed by atoms with van der Waals surface area (Å²) in [5.74, 6) is 0. The molecule has 1 rings (SSSR count). The summed E-state index contributed by atoms with van der Waals surface area (Å²) in [6, 6.07) is 8.06. The Hall–Kier alpha value is -1.89. The Balaban J connectivity index is 3.27. The van der Waals surface area contributed by atoms with E-state index in [1.165, 1.54) is 25.2 Å². The van der Waals surface area contributed by atoms with Crippen molar-refractivity contribution in [2.75, 3.05) is 13.6 Å². The molecule has 0 spiro atoms. The molecule has 1 aromatic carbocycles. The predicted octanol–water partition coefficient (Wildman–Crippen LogP) is 1.01. The van der Waals surface area contributed by atoms with Crippen molar-refractivity contribution in [2.24, 2.45) is 0 Å². The van der Waals surface area contributed by atoms with Crippen molar-refractivity contribution in [3.8, 4) is 12.1 Å². The summed E-state index contributed by atoms with van der Waals surface area (Å²) in [4.78, 5) is 0.120. The van der Waals surface area contributed by atoms with Crippen molar-refractivity contribution in [3.05, 3.63) is 29.3 Å². The molecule has 88 valence electrons. The third kappa shape index (κ3) is 2.62. The maximum Gasteiger partial charge on any atom is 0.244 e. The van der Waals surface area contributed by atoms with Gasteiger partial charge in [0.15, 0.2) is 0 Å². The van der Waals surface area contributed by atoms with Crippen LogP contribution in [0, 0.1) is 29.6 Å². The van der Waals surface area contributed by atoms with Crippen LogP contribution in [0.1, 0.15) is 11.1 Å². The van der Waals surface area contributed by atoms with E-state index >= 15 is 0 Å². The van der Waals surface area contributed by atoms with Crippen molar-refractivity contribution in [1.82, 2.24) is 4.31 Å². The van der Waals surface area contributed by atoms with E-state index in [-0.39, 0.29) is 11.4 Å². The molecule has 0 saturated carbocycles. The van der Waals surface area contributed by atoms with E-state index in [0.717, 1.165) is 4.31 Å². The largest absolute Gasteiger partial charge is 0.244 e. The lowest BCUT2D eigenvalue weighted by Crippen LogP contribution is -2.27. The highest BCUT2D eigenvalue weighted by Crippen LogP contribution is 2.19. The van der Waals surface area contributed by atoms with Gasteiger partial charge in [-0.05, 0) is 30.7 Å². The molecule has 0 radical (unpaired) electrons. The van der Waals surface area contributed by atoms with Crippen LogP contribution in [0.25, 0.3) is 0 Å². The zero-order valence-corrected chi connectivity index (χ0v) is 10.3. The van der Waals surface area contributed by atoms with Crippen LogP contribution in [-0.4, -0.2) is 26.3 Å². The van der Waals surface area contributed by atoms with Gasteiger partial charge in [-0.25, -0.2) is 8.42 Å². The van der Waals surface area contributed by atoms with Gasteiger partial charge in [0.05, 0.1) is 22.6 Å². The maximum absolute atomic E-state index is 12.0. The van der Waals surface area contributed by atoms with Gasteiger partial charge >= 0.3 is 0 Å². The van der Waals surface area contributed by atoms with Crippen LogP contribution in [0.3, 0.4) is 0 Å². The smallest absolute Gasteiger partial charge is 0.207 e. The van der Waals surface area contributed by atoms with E-state index in [4.69, 9.17) is 10.5 Å². The lowest BCUT2D eigenvalue weighted by Gasteiger charge is -2.15. The summed E-state index contributed by atoms with van der Waals surface area (Å²) in [6.07, 6.45) is 0. The fourth-order valence-electron chi connectivity index (χ4n) is 1.36. The first kappa shape index (κ1) is 13.2. The molecule has 0 saturated heterocycles. The quantitative estimate of drug-likeness (QED) is 0.748. The van der Waals surface area contributed by atoms with E-state index in [2.05, 4.69) is 0 Å². The summed E-state index contributed by atoms with van der Waals surface area (Å²) in [7, 11) is -2.31. The Morgan fingerprint density at radius 3 is 2.47 bits per heavy atom. The average Bonchev–Trinajstić information content (AvgIpc) is 2.28. The van der Waals surface area contributed by atoms with Gasteiger partial charge < -0.3 is 0 Å². The Bertz CT molecular complexity index is 609. The monoisotopic (exact) mass is 249 g/mol. The zero-order valence-electron chi connectivity index (χ0n) is 9.51. The highest BCUT2D eigenvalue weighted by Gasteiger charge is 2.22. The van der Waals surface area contributed by atoms with Gasteiger partial charge in [0.25, 0.3) is 0 Å². The summed E-state index contributed by atoms with van der Waals surface area (Å²) in [5, 5.41) is 17.2. The van der Waals surface area contributed by atoms with Crippen LogP contribution in [0.15, 0.2) is 23.1 Å². The second-order valence-electron chi connectivity index (χ2n) is 3.51. The first-order valence-electron chi connectivity index (χ1n) is 4.77. The van der Waals surface area contributed by atoms with Crippen molar-refractivity contribution in [1.29, 1.82) is 10.5 Å². The molecule has 17 heavy (non-hydrogen) atoms. The minimum absolute atomic E-state index is 0.120. The maximum atomic E-state index is 12.0. The molecule has 1 aromatic rings. The number of aryl methyl sites for hydroxylation is 1. The normalized spacial score (nSPS) is 10.9. The molecule has 0 N–H and O–H groups in total. The Kier molecular flexibility index (Phi) is 3.84. The molecule has 0 aliphatic rings. The van der Waals surface area contributed by atoms with Gasteiger partial charge in [-0.2, -0.15) is 14.8 Å². The van der Waals surface area contributed by atoms with E-state index in [1.54, 1.807) is 13.0 Å². The SMILES string of the molecule is Cc1cc(C#N)ccc1S(=O)(=O)N(C)CC#N. The predicted molar refractivity (Wildman–Crippen MR) is 61.3 cm³/mol. The number of hydrogen-bond donors (Lipinski definition) is 0. The van der Waals surface area contributed by atoms with Gasteiger partial charge in [-0.15, -0.1) is 0 Å². The molecule has 0 aliphatic carbocycles. The Labute approximate surface area is 101 Å². The molecule has 5 nitrogen and oxygen atoms in total. The number of nitrogens with zero attached hydrogens (tertiary/aromatic N) is 3. The van der Waals surface area contributed by atoms with Crippen LogP contribution < -0.4 is 0 Å². The first-order chi connectivity index (χ1) is 7.93. The minimum atomic E-state index is -3.66. The lowest BCUT2D eigenvalue weighted by molar-refractivity contribution is 0.501. The van der Waals surface area contributed by atoms with Crippen molar-refractivity contribution >= 4 is 10.0 Å². The van der Waals surface area contributed by atoms with Crippen LogP contribution in [-0.2, 0) is 10.0 Å². The van der Waals surface area contributed by atoms with Crippen molar-refractivity contribution in [2.45, 2.75) is 11.8 Å². The van der Waals surface area contributed by atoms with Gasteiger partial charge in [0.1, 0.15) is 6.54 Å². The van der Waals surface area contributed by atoms with Crippen molar-refractivity contribution in [3.63, 3.8) is 0 Å². The molecule has 6 heteroatoms. The molecule has 0 fully saturated rings. The molecular weight excluding hydrogens is 238 g/mol. The van der Waals surface area contributed by atoms with Crippen LogP contribution >= 0.6 is 0 Å². The number of nitriles is 2. The van der Waals surface area contributed by atoms with E-state index in [0.29, 0.717) is 11.1 Å². The third-order valence-electron chi connectivity index (χ3n) is 2.29. The second-order valence-corrected chi connectivity index (χ2v) is 5.52. The summed E-state index contributed by atoms with van der Waals surface area (Å²) < 4.78 is 25.0. The fourth-order valence-corrected chi connectivity index (χ4v) is 2.63. The topological polar surface area (TPSA) is 85.0 Å². The Morgan fingerprint density at radius 1 is 1.35 bits per heavy atom. The second kappa shape index (κ2) is 4.96. The van der Waals surface area contributed by atoms with Crippen LogP contribution in [0.2, 0.25) is 0 Å². The van der Waals surface area contributed by atoms with E-state index in [1.807, 2.05) is 6.07 Å². The van der Waals surface area contributed by atoms with Gasteiger partial charge in [-0.1, -0.05) is 0 Å². The number of sulfonamides is 1. The molecular formula is C11H11N3O2S. The van der Waals surface area contributed by atoms with E-state index in [9.17, 15) is 8.42 Å². The van der Waals surface area contributed by atoms with Crippen LogP contribution in [0.5, 0.6) is 0 Å². The molecule has 0 heterocycles. The highest BCUT2D eigenvalue weighted by atomic mass is 32.2. The summed E-state index contributed by atoms with van der Waals surface area (Å²) in [5.41, 5.74) is 0.901. The standard InChI is InChI=1S/C11H11N3O2S/c1-9-7-10(8-13)3-4-11(9)17(15,16)14(2)6-5-12/h3-4,7H,6H2,1-2H3. The zero-order chi connectivity index (χ0) is 13.1. The number of benzene rings is 1. The summed E-state index contributed by atoms with van der Waals surface area (Å²) >= 11 is 0. The molecule has 0 amide bonds. The first-order valence-corrected chi connectivity index (χ1v) is 6.21. The van der Waals surface area contributed by atoms with Gasteiger partial charge in [-0.3, -0.25) is 0 Å². The average molecular weight is 249 g/mol. The lowest BCUT2D eigenvalue weighted by atomic mass is 10.2. The van der Waals surface area contributed by atoms with Gasteiger partial charge in [0.2, 0.25) is 10.0 Å². The number of hydrogen-bond acceptors (Lipinski definition) is 4. The minimum Gasteiger partial charge on any atom is -0.207 e. The van der Waals surface area contributed by atoms with Crippen molar-refractivity contribution < 1.29 is 8.42 Å². The highest BCUT2D eigenvalue weighted by molar-refractivity contribution is 7.89. The molecule has 0 atom stereocenters. The van der Waals surface area contributed by atoms with E-state index < -0.39 is 10.0 Å². The van der Waals surface area contributed by atoms with Crippen LogP contribution in [0.4, 0.5) is 0 Å². The fraction of sp³-hybridized carbons (Fsp3) is 0.273. The van der Waals surface area contributed by atoms with Gasteiger partial charge in [0, 0.05) is 7.05 Å².